The molecule has 5 nitrogen and oxygen atoms in total. The lowest BCUT2D eigenvalue weighted by Crippen LogP contribution is -2.43. The van der Waals surface area contributed by atoms with E-state index in [9.17, 15) is 9.59 Å². The lowest BCUT2D eigenvalue weighted by Gasteiger charge is -2.16. The average molecular weight is 274 g/mol. The standard InChI is InChI=1S/C15H18N2O3/c18-14-13(11-7-4-8-12(11)16-14)17-15(19)20-9-10-5-2-1-3-6-10/h1-3,5-6,11-13H,4,7-9H2,(H,16,18)(H,17,19)/t11-,12-,13+/m0/s1. The van der Waals surface area contributed by atoms with Crippen LogP contribution >= 0.6 is 0 Å². The van der Waals surface area contributed by atoms with Crippen LogP contribution in [0.4, 0.5) is 4.79 Å². The van der Waals surface area contributed by atoms with Crippen molar-refractivity contribution in [3.8, 4) is 0 Å². The molecule has 2 N–H and O–H groups in total. The fourth-order valence-corrected chi connectivity index (χ4v) is 3.10. The molecule has 2 aliphatic rings. The van der Waals surface area contributed by atoms with Gasteiger partial charge in [-0.25, -0.2) is 4.79 Å². The molecule has 106 valence electrons. The number of amides is 2. The molecule has 1 aromatic rings. The summed E-state index contributed by atoms with van der Waals surface area (Å²) in [5, 5.41) is 5.63. The van der Waals surface area contributed by atoms with Gasteiger partial charge < -0.3 is 15.4 Å². The molecule has 0 aromatic heterocycles. The summed E-state index contributed by atoms with van der Waals surface area (Å²) < 4.78 is 5.16. The van der Waals surface area contributed by atoms with Crippen LogP contribution in [-0.2, 0) is 16.1 Å². The lowest BCUT2D eigenvalue weighted by molar-refractivity contribution is -0.121. The zero-order valence-corrected chi connectivity index (χ0v) is 11.2. The zero-order chi connectivity index (χ0) is 13.9. The molecule has 3 rings (SSSR count). The Hall–Kier alpha value is -2.04. The van der Waals surface area contributed by atoms with Gasteiger partial charge >= 0.3 is 6.09 Å². The second kappa shape index (κ2) is 5.53. The van der Waals surface area contributed by atoms with Gasteiger partial charge in [-0.05, 0) is 18.4 Å². The monoisotopic (exact) mass is 274 g/mol. The first-order chi connectivity index (χ1) is 9.74. The van der Waals surface area contributed by atoms with E-state index in [4.69, 9.17) is 4.74 Å². The van der Waals surface area contributed by atoms with Crippen LogP contribution in [0, 0.1) is 5.92 Å². The highest BCUT2D eigenvalue weighted by Gasteiger charge is 2.45. The molecule has 3 atom stereocenters. The Labute approximate surface area is 117 Å². The highest BCUT2D eigenvalue weighted by molar-refractivity contribution is 5.88. The van der Waals surface area contributed by atoms with Gasteiger partial charge in [-0.3, -0.25) is 4.79 Å². The van der Waals surface area contributed by atoms with Crippen molar-refractivity contribution in [1.29, 1.82) is 0 Å². The smallest absolute Gasteiger partial charge is 0.408 e. The molecule has 1 heterocycles. The Balaban J connectivity index is 1.52. The molecule has 20 heavy (non-hydrogen) atoms. The Morgan fingerprint density at radius 2 is 2.10 bits per heavy atom. The fourth-order valence-electron chi connectivity index (χ4n) is 3.10. The van der Waals surface area contributed by atoms with Crippen molar-refractivity contribution in [3.63, 3.8) is 0 Å². The molecule has 2 fully saturated rings. The predicted molar refractivity (Wildman–Crippen MR) is 72.8 cm³/mol. The number of hydrogen-bond acceptors (Lipinski definition) is 3. The molecular weight excluding hydrogens is 256 g/mol. The zero-order valence-electron chi connectivity index (χ0n) is 11.2. The van der Waals surface area contributed by atoms with Crippen molar-refractivity contribution in [2.24, 2.45) is 5.92 Å². The Kier molecular flexibility index (Phi) is 3.58. The number of hydrogen-bond donors (Lipinski definition) is 2. The van der Waals surface area contributed by atoms with E-state index in [-0.39, 0.29) is 24.5 Å². The Morgan fingerprint density at radius 1 is 1.30 bits per heavy atom. The minimum absolute atomic E-state index is 0.0867. The van der Waals surface area contributed by atoms with Gasteiger partial charge in [-0.1, -0.05) is 36.8 Å². The lowest BCUT2D eigenvalue weighted by atomic mass is 9.99. The van der Waals surface area contributed by atoms with Crippen LogP contribution in [0.1, 0.15) is 24.8 Å². The van der Waals surface area contributed by atoms with E-state index in [1.54, 1.807) is 0 Å². The van der Waals surface area contributed by atoms with Crippen molar-refractivity contribution in [1.82, 2.24) is 10.6 Å². The van der Waals surface area contributed by atoms with Crippen molar-refractivity contribution in [3.05, 3.63) is 35.9 Å². The highest BCUT2D eigenvalue weighted by Crippen LogP contribution is 2.32. The van der Waals surface area contributed by atoms with Crippen LogP contribution in [0.25, 0.3) is 0 Å². The summed E-state index contributed by atoms with van der Waals surface area (Å²) in [6.45, 7) is 0.217. The molecule has 5 heteroatoms. The second-order valence-electron chi connectivity index (χ2n) is 5.39. The summed E-state index contributed by atoms with van der Waals surface area (Å²) in [6.07, 6.45) is 2.56. The number of carbonyl (C=O) groups excluding carboxylic acids is 2. The molecule has 1 aromatic carbocycles. The van der Waals surface area contributed by atoms with E-state index in [1.165, 1.54) is 0 Å². The van der Waals surface area contributed by atoms with Gasteiger partial charge in [0.1, 0.15) is 12.6 Å². The minimum atomic E-state index is -0.526. The largest absolute Gasteiger partial charge is 0.445 e. The summed E-state index contributed by atoms with van der Waals surface area (Å²) in [4.78, 5) is 23.6. The van der Waals surface area contributed by atoms with Crippen LogP contribution in [0.2, 0.25) is 0 Å². The maximum absolute atomic E-state index is 11.8. The van der Waals surface area contributed by atoms with Gasteiger partial charge in [0.25, 0.3) is 0 Å². The quantitative estimate of drug-likeness (QED) is 0.879. The number of benzene rings is 1. The Morgan fingerprint density at radius 3 is 2.90 bits per heavy atom. The van der Waals surface area contributed by atoms with E-state index >= 15 is 0 Å². The third-order valence-electron chi connectivity index (χ3n) is 4.09. The number of carbonyl (C=O) groups is 2. The maximum atomic E-state index is 11.8. The van der Waals surface area contributed by atoms with Crippen LogP contribution in [0.5, 0.6) is 0 Å². The summed E-state index contributed by atoms with van der Waals surface area (Å²) >= 11 is 0. The summed E-state index contributed by atoms with van der Waals surface area (Å²) in [7, 11) is 0. The van der Waals surface area contributed by atoms with E-state index in [0.29, 0.717) is 0 Å². The van der Waals surface area contributed by atoms with Crippen LogP contribution < -0.4 is 10.6 Å². The molecule has 1 aliphatic carbocycles. The number of fused-ring (bicyclic) bond motifs is 1. The van der Waals surface area contributed by atoms with Gasteiger partial charge in [0.15, 0.2) is 0 Å². The summed E-state index contributed by atoms with van der Waals surface area (Å²) in [5.41, 5.74) is 0.928. The molecule has 0 spiro atoms. The van der Waals surface area contributed by atoms with E-state index < -0.39 is 12.1 Å². The van der Waals surface area contributed by atoms with Crippen molar-refractivity contribution >= 4 is 12.0 Å². The topological polar surface area (TPSA) is 67.4 Å². The Bertz CT molecular complexity index is 503. The molecule has 1 saturated heterocycles. The predicted octanol–water partition coefficient (Wildman–Crippen LogP) is 1.58. The SMILES string of the molecule is O=C(N[C@H]1C(=O)N[C@H]2CCC[C@@H]21)OCc1ccccc1. The van der Waals surface area contributed by atoms with Gasteiger partial charge in [0, 0.05) is 12.0 Å². The minimum Gasteiger partial charge on any atom is -0.445 e. The number of ether oxygens (including phenoxy) is 1. The highest BCUT2D eigenvalue weighted by atomic mass is 16.5. The number of nitrogens with one attached hydrogen (secondary N) is 2. The van der Waals surface area contributed by atoms with Crippen LogP contribution in [-0.4, -0.2) is 24.1 Å². The second-order valence-corrected chi connectivity index (χ2v) is 5.39. The first-order valence-electron chi connectivity index (χ1n) is 7.01. The molecule has 0 radical (unpaired) electrons. The van der Waals surface area contributed by atoms with E-state index in [1.807, 2.05) is 30.3 Å². The number of rotatable bonds is 3. The fraction of sp³-hybridized carbons (Fsp3) is 0.467. The maximum Gasteiger partial charge on any atom is 0.408 e. The molecule has 1 aliphatic heterocycles. The van der Waals surface area contributed by atoms with E-state index in [2.05, 4.69) is 10.6 Å². The third kappa shape index (κ3) is 2.61. The molecular formula is C15H18N2O3. The first kappa shape index (κ1) is 13.0. The third-order valence-corrected chi connectivity index (χ3v) is 4.09. The number of alkyl carbamates (subject to hydrolysis) is 1. The van der Waals surface area contributed by atoms with Gasteiger partial charge in [-0.15, -0.1) is 0 Å². The van der Waals surface area contributed by atoms with Gasteiger partial charge in [0.2, 0.25) is 5.91 Å². The normalized spacial score (nSPS) is 27.8. The average Bonchev–Trinajstić information content (AvgIpc) is 3.01. The molecule has 0 bridgehead atoms. The molecule has 2 amide bonds. The first-order valence-corrected chi connectivity index (χ1v) is 7.01. The van der Waals surface area contributed by atoms with Gasteiger partial charge in [0.05, 0.1) is 0 Å². The van der Waals surface area contributed by atoms with Crippen molar-refractivity contribution in [2.45, 2.75) is 38.0 Å². The molecule has 0 unspecified atom stereocenters. The van der Waals surface area contributed by atoms with Crippen molar-refractivity contribution < 1.29 is 14.3 Å². The molecule has 1 saturated carbocycles. The van der Waals surface area contributed by atoms with Crippen molar-refractivity contribution in [2.75, 3.05) is 0 Å². The van der Waals surface area contributed by atoms with Gasteiger partial charge in [-0.2, -0.15) is 0 Å². The summed E-state index contributed by atoms with van der Waals surface area (Å²) in [5.74, 6) is 0.128. The summed E-state index contributed by atoms with van der Waals surface area (Å²) in [6, 6.07) is 9.26. The van der Waals surface area contributed by atoms with E-state index in [0.717, 1.165) is 24.8 Å². The van der Waals surface area contributed by atoms with Crippen LogP contribution in [0.3, 0.4) is 0 Å². The van der Waals surface area contributed by atoms with Crippen LogP contribution in [0.15, 0.2) is 30.3 Å².